The molecule has 1 atom stereocenters. The zero-order valence-corrected chi connectivity index (χ0v) is 22.0. The highest BCUT2D eigenvalue weighted by Gasteiger charge is 2.27. The van der Waals surface area contributed by atoms with Gasteiger partial charge >= 0.3 is 5.97 Å². The number of anilines is 1. The fourth-order valence-electron chi connectivity index (χ4n) is 3.59. The van der Waals surface area contributed by atoms with E-state index in [1.54, 1.807) is 48.5 Å². The van der Waals surface area contributed by atoms with Gasteiger partial charge in [0, 0.05) is 12.6 Å². The Balaban J connectivity index is 0.00000481. The van der Waals surface area contributed by atoms with E-state index in [4.69, 9.17) is 9.47 Å². The van der Waals surface area contributed by atoms with Crippen LogP contribution < -0.4 is 14.8 Å². The molecular weight excluding hydrogens is 496 g/mol. The van der Waals surface area contributed by atoms with Gasteiger partial charge in [-0.2, -0.15) is 0 Å². The third-order valence-electron chi connectivity index (χ3n) is 5.38. The van der Waals surface area contributed by atoms with Crippen molar-refractivity contribution >= 4 is 35.8 Å². The van der Waals surface area contributed by atoms with Crippen LogP contribution in [0.3, 0.4) is 0 Å². The molecule has 8 nitrogen and oxygen atoms in total. The number of phenols is 1. The molecule has 0 saturated carbocycles. The predicted molar refractivity (Wildman–Crippen MR) is 144 cm³/mol. The van der Waals surface area contributed by atoms with Crippen molar-refractivity contribution in [2.45, 2.75) is 32.9 Å². The zero-order chi connectivity index (χ0) is 26.2. The maximum absolute atomic E-state index is 13.4. The lowest BCUT2D eigenvalue weighted by Crippen LogP contribution is -2.34. The molecule has 1 unspecified atom stereocenters. The number of ketones is 1. The summed E-state index contributed by atoms with van der Waals surface area (Å²) in [7, 11) is 3.70. The average molecular weight is 527 g/mol. The number of benzene rings is 3. The lowest BCUT2D eigenvalue weighted by atomic mass is 9.99. The van der Waals surface area contributed by atoms with Crippen LogP contribution in [0.5, 0.6) is 17.2 Å². The summed E-state index contributed by atoms with van der Waals surface area (Å²) in [6.07, 6.45) is 1.07. The molecule has 2 N–H and O–H groups in total. The van der Waals surface area contributed by atoms with Crippen molar-refractivity contribution < 1.29 is 29.0 Å². The maximum atomic E-state index is 13.4. The Morgan fingerprint density at radius 1 is 0.919 bits per heavy atom. The molecule has 3 aromatic rings. The van der Waals surface area contributed by atoms with Gasteiger partial charge in [-0.15, -0.1) is 12.4 Å². The smallest absolute Gasteiger partial charge is 0.347 e. The predicted octanol–water partition coefficient (Wildman–Crippen LogP) is 5.29. The molecule has 0 radical (unpaired) electrons. The summed E-state index contributed by atoms with van der Waals surface area (Å²) in [4.78, 5) is 39.8. The number of ether oxygens (including phenoxy) is 2. The van der Waals surface area contributed by atoms with E-state index >= 15 is 0 Å². The Morgan fingerprint density at radius 2 is 1.54 bits per heavy atom. The topological polar surface area (TPSA) is 105 Å². The van der Waals surface area contributed by atoms with Crippen LogP contribution in [0.4, 0.5) is 5.69 Å². The van der Waals surface area contributed by atoms with Crippen LogP contribution in [0.2, 0.25) is 0 Å². The molecule has 0 aliphatic rings. The minimum Gasteiger partial charge on any atom is -0.507 e. The minimum atomic E-state index is -0.710. The first kappa shape index (κ1) is 29.4. The first-order valence-corrected chi connectivity index (χ1v) is 11.6. The average Bonchev–Trinajstić information content (AvgIpc) is 2.84. The lowest BCUT2D eigenvalue weighted by molar-refractivity contribution is -0.114. The number of phenolic OH excluding ortho intramolecular Hbond substituents is 1. The van der Waals surface area contributed by atoms with Crippen molar-refractivity contribution in [3.63, 3.8) is 0 Å². The molecule has 0 fully saturated rings. The number of esters is 1. The van der Waals surface area contributed by atoms with Gasteiger partial charge in [-0.3, -0.25) is 14.5 Å². The van der Waals surface area contributed by atoms with E-state index in [1.165, 1.54) is 25.1 Å². The number of rotatable bonds is 10. The first-order valence-electron chi connectivity index (χ1n) is 11.6. The van der Waals surface area contributed by atoms with Crippen LogP contribution in [-0.2, 0) is 4.79 Å². The molecule has 3 aromatic carbocycles. The van der Waals surface area contributed by atoms with E-state index in [-0.39, 0.29) is 52.3 Å². The monoisotopic (exact) mass is 526 g/mol. The number of carbonyl (C=O) groups excluding carboxylic acids is 3. The quantitative estimate of drug-likeness (QED) is 0.160. The number of hydrogen-bond acceptors (Lipinski definition) is 7. The number of para-hydroxylation sites is 2. The Kier molecular flexibility index (Phi) is 10.7. The summed E-state index contributed by atoms with van der Waals surface area (Å²) in [5, 5.41) is 12.9. The summed E-state index contributed by atoms with van der Waals surface area (Å²) in [5.74, 6) is -1.23. The van der Waals surface area contributed by atoms with Crippen LogP contribution in [0.15, 0.2) is 66.7 Å². The maximum Gasteiger partial charge on any atom is 0.347 e. The van der Waals surface area contributed by atoms with Crippen molar-refractivity contribution in [1.82, 2.24) is 4.90 Å². The third kappa shape index (κ3) is 7.55. The molecule has 0 bridgehead atoms. The SMILES string of the molecule is CCCC(Oc1c(C(=O)Oc2ccc(NC(C)=O)cc2)cccc1C(=O)c1ccccc1O)N(C)C.Cl. The molecule has 0 aromatic heterocycles. The molecule has 3 rings (SSSR count). The highest BCUT2D eigenvalue weighted by Crippen LogP contribution is 2.32. The second kappa shape index (κ2) is 13.4. The standard InChI is InChI=1S/C28H30N2O6.ClH/c1-5-9-25(30(3)4)36-27-22(26(33)21-10-6-7-13-24(21)32)11-8-12-23(27)28(34)35-20-16-14-19(15-17-20)29-18(2)31;/h6-8,10-17,25,32H,5,9H2,1-4H3,(H,29,31);1H. The van der Waals surface area contributed by atoms with E-state index in [0.717, 1.165) is 6.42 Å². The number of halogens is 1. The van der Waals surface area contributed by atoms with Gasteiger partial charge in [-0.25, -0.2) is 4.79 Å². The highest BCUT2D eigenvalue weighted by molar-refractivity contribution is 6.14. The van der Waals surface area contributed by atoms with Crippen LogP contribution in [0.1, 0.15) is 53.0 Å². The van der Waals surface area contributed by atoms with Gasteiger partial charge in [0.25, 0.3) is 0 Å². The largest absolute Gasteiger partial charge is 0.507 e. The summed E-state index contributed by atoms with van der Waals surface area (Å²) in [5.41, 5.74) is 0.869. The van der Waals surface area contributed by atoms with E-state index in [1.807, 2.05) is 25.9 Å². The second-order valence-corrected chi connectivity index (χ2v) is 8.45. The number of nitrogens with one attached hydrogen (secondary N) is 1. The van der Waals surface area contributed by atoms with E-state index in [2.05, 4.69) is 5.32 Å². The Bertz CT molecular complexity index is 1240. The number of hydrogen-bond donors (Lipinski definition) is 2. The summed E-state index contributed by atoms with van der Waals surface area (Å²) >= 11 is 0. The number of aromatic hydroxyl groups is 1. The molecule has 0 heterocycles. The van der Waals surface area contributed by atoms with Gasteiger partial charge in [0.1, 0.15) is 22.8 Å². The number of carbonyl (C=O) groups is 3. The molecule has 0 aliphatic heterocycles. The van der Waals surface area contributed by atoms with E-state index in [0.29, 0.717) is 12.1 Å². The van der Waals surface area contributed by atoms with Gasteiger partial charge in [0.2, 0.25) is 5.91 Å². The molecular formula is C28H31ClN2O6. The van der Waals surface area contributed by atoms with Crippen molar-refractivity contribution in [2.24, 2.45) is 0 Å². The molecule has 37 heavy (non-hydrogen) atoms. The van der Waals surface area contributed by atoms with E-state index < -0.39 is 18.0 Å². The van der Waals surface area contributed by atoms with E-state index in [9.17, 15) is 19.5 Å². The van der Waals surface area contributed by atoms with Crippen LogP contribution in [-0.4, -0.2) is 48.0 Å². The summed E-state index contributed by atoms with van der Waals surface area (Å²) in [6, 6.07) is 17.2. The Morgan fingerprint density at radius 3 is 2.14 bits per heavy atom. The van der Waals surface area contributed by atoms with Crippen molar-refractivity contribution in [2.75, 3.05) is 19.4 Å². The van der Waals surface area contributed by atoms with Crippen molar-refractivity contribution in [1.29, 1.82) is 0 Å². The van der Waals surface area contributed by atoms with Crippen LogP contribution in [0.25, 0.3) is 0 Å². The molecule has 0 saturated heterocycles. The van der Waals surface area contributed by atoms with Gasteiger partial charge in [0.15, 0.2) is 12.0 Å². The number of amides is 1. The number of nitrogens with zero attached hydrogens (tertiary/aromatic N) is 1. The first-order chi connectivity index (χ1) is 17.2. The van der Waals surface area contributed by atoms with Crippen LogP contribution >= 0.6 is 12.4 Å². The van der Waals surface area contributed by atoms with Gasteiger partial charge < -0.3 is 19.9 Å². The van der Waals surface area contributed by atoms with Gasteiger partial charge in [-0.1, -0.05) is 31.5 Å². The third-order valence-corrected chi connectivity index (χ3v) is 5.38. The molecule has 0 aliphatic carbocycles. The molecule has 0 spiro atoms. The van der Waals surface area contributed by atoms with Gasteiger partial charge in [-0.05, 0) is 69.0 Å². The summed E-state index contributed by atoms with van der Waals surface area (Å²) in [6.45, 7) is 3.41. The van der Waals surface area contributed by atoms with Gasteiger partial charge in [0.05, 0.1) is 11.1 Å². The minimum absolute atomic E-state index is 0. The van der Waals surface area contributed by atoms with Crippen molar-refractivity contribution in [3.8, 4) is 17.2 Å². The van der Waals surface area contributed by atoms with Crippen molar-refractivity contribution in [3.05, 3.63) is 83.4 Å². The molecule has 196 valence electrons. The molecule has 1 amide bonds. The highest BCUT2D eigenvalue weighted by atomic mass is 35.5. The normalized spacial score (nSPS) is 11.3. The Labute approximate surface area is 222 Å². The lowest BCUT2D eigenvalue weighted by Gasteiger charge is -2.27. The summed E-state index contributed by atoms with van der Waals surface area (Å²) < 4.78 is 11.8. The second-order valence-electron chi connectivity index (χ2n) is 8.45. The zero-order valence-electron chi connectivity index (χ0n) is 21.2. The Hall–Kier alpha value is -3.88. The van der Waals surface area contributed by atoms with Crippen LogP contribution in [0, 0.1) is 0 Å². The fourth-order valence-corrected chi connectivity index (χ4v) is 3.59. The fraction of sp³-hybridized carbons (Fsp3) is 0.250. The molecule has 9 heteroatoms.